The molecule has 0 aliphatic carbocycles. The second kappa shape index (κ2) is 12.6. The molecule has 0 spiro atoms. The molecule has 1 aromatic carbocycles. The molecule has 2 heterocycles. The first-order valence-electron chi connectivity index (χ1n) is 10.9. The van der Waals surface area contributed by atoms with Gasteiger partial charge in [-0.3, -0.25) is 9.29 Å². The van der Waals surface area contributed by atoms with Gasteiger partial charge in [0.2, 0.25) is 0 Å². The van der Waals surface area contributed by atoms with E-state index in [0.717, 1.165) is 37.4 Å². The first-order valence-corrected chi connectivity index (χ1v) is 13.9. The van der Waals surface area contributed by atoms with E-state index < -0.39 is 8.32 Å². The highest BCUT2D eigenvalue weighted by molar-refractivity contribution is 7.59. The molecule has 1 N–H and O–H groups in total. The lowest BCUT2D eigenvalue weighted by Gasteiger charge is -2.46. The summed E-state index contributed by atoms with van der Waals surface area (Å²) in [5.41, 5.74) is 2.55. The summed E-state index contributed by atoms with van der Waals surface area (Å²) < 4.78 is 24.9. The second-order valence-corrected chi connectivity index (χ2v) is 14.9. The highest BCUT2D eigenvalue weighted by atomic mass is 32.1. The van der Waals surface area contributed by atoms with E-state index in [1.165, 1.54) is 11.1 Å². The Labute approximate surface area is 216 Å². The van der Waals surface area contributed by atoms with E-state index in [9.17, 15) is 9.50 Å². The Balaban J connectivity index is 0.00000320. The van der Waals surface area contributed by atoms with Crippen molar-refractivity contribution in [3.05, 3.63) is 23.3 Å². The number of aliphatic hydroxyl groups excluding tert-OH is 1. The molecule has 188 valence electrons. The number of fused-ring (bicyclic) bond motifs is 3. The molecule has 1 saturated heterocycles. The van der Waals surface area contributed by atoms with Crippen molar-refractivity contribution in [3.8, 4) is 11.5 Å². The number of ether oxygens (including phenoxy) is 1. The molecule has 1 aromatic rings. The van der Waals surface area contributed by atoms with Crippen LogP contribution in [0.4, 0.5) is 4.39 Å². The molecule has 32 heavy (non-hydrogen) atoms. The molecular weight excluding hydrogens is 482 g/mol. The number of piperidine rings is 1. The van der Waals surface area contributed by atoms with Crippen LogP contribution in [0, 0.1) is 5.92 Å². The highest BCUT2D eigenvalue weighted by Gasteiger charge is 2.41. The van der Waals surface area contributed by atoms with Gasteiger partial charge in [0, 0.05) is 19.1 Å². The Kier molecular flexibility index (Phi) is 12.6. The number of halogens is 1. The van der Waals surface area contributed by atoms with Crippen LogP contribution in [-0.4, -0.2) is 51.3 Å². The molecule has 0 amide bonds. The Morgan fingerprint density at radius 3 is 2.38 bits per heavy atom. The summed E-state index contributed by atoms with van der Waals surface area (Å²) in [6, 6.07) is 4.50. The van der Waals surface area contributed by atoms with Crippen LogP contribution < -0.4 is 9.16 Å². The molecule has 9 heteroatoms. The maximum absolute atomic E-state index is 12.6. The summed E-state index contributed by atoms with van der Waals surface area (Å²) in [4.78, 5) is 2.47. The summed E-state index contributed by atoms with van der Waals surface area (Å²) >= 11 is 0. The topological polar surface area (TPSA) is 41.9 Å². The summed E-state index contributed by atoms with van der Waals surface area (Å²) in [5.74, 6) is 1.80. The standard InChI is InChI=1S/C23H38FNO3Si.3H2S/c1-23(2,3)29(5,6)28-22-13-18-16(12-21(22)27-4)9-11-25-15-17(8-7-10-24)20(26)14-19(18)25;;;/h12-13,17,19-20,26H,7-11,14-15H2,1-6H3;3*1H2/t17-,19-,20-;;;/m0.../s1/i24+0;;;. The molecule has 4 nitrogen and oxygen atoms in total. The Morgan fingerprint density at radius 1 is 1.16 bits per heavy atom. The van der Waals surface area contributed by atoms with Crippen LogP contribution in [0.2, 0.25) is 18.1 Å². The van der Waals surface area contributed by atoms with Crippen molar-refractivity contribution in [2.24, 2.45) is 5.92 Å². The number of nitrogens with zero attached hydrogens (tertiary/aromatic N) is 1. The zero-order valence-electron chi connectivity index (χ0n) is 20.4. The summed E-state index contributed by atoms with van der Waals surface area (Å²) in [5, 5.41) is 10.8. The fourth-order valence-electron chi connectivity index (χ4n) is 4.39. The zero-order valence-corrected chi connectivity index (χ0v) is 24.4. The van der Waals surface area contributed by atoms with Gasteiger partial charge in [0.05, 0.1) is 19.9 Å². The first kappa shape index (κ1) is 31.9. The van der Waals surface area contributed by atoms with E-state index in [2.05, 4.69) is 50.9 Å². The fourth-order valence-corrected chi connectivity index (χ4v) is 5.41. The molecule has 0 radical (unpaired) electrons. The monoisotopic (exact) mass is 525 g/mol. The lowest BCUT2D eigenvalue weighted by Crippen LogP contribution is -2.48. The van der Waals surface area contributed by atoms with Gasteiger partial charge < -0.3 is 14.3 Å². The largest absolute Gasteiger partial charge is 0.541 e. The first-order chi connectivity index (χ1) is 13.6. The predicted octanol–water partition coefficient (Wildman–Crippen LogP) is 5.45. The van der Waals surface area contributed by atoms with Crippen LogP contribution in [0.1, 0.15) is 57.2 Å². The van der Waals surface area contributed by atoms with Gasteiger partial charge in [0.15, 0.2) is 5.75 Å². The highest BCUT2D eigenvalue weighted by Crippen LogP contribution is 2.45. The van der Waals surface area contributed by atoms with Crippen LogP contribution in [0.5, 0.6) is 11.5 Å². The molecule has 3 atom stereocenters. The average Bonchev–Trinajstić information content (AvgIpc) is 2.64. The van der Waals surface area contributed by atoms with Crippen LogP contribution in [0.15, 0.2) is 12.1 Å². The number of alkyl halides is 1. The summed E-state index contributed by atoms with van der Waals surface area (Å²) in [6.45, 7) is 12.7. The predicted molar refractivity (Wildman–Crippen MR) is 149 cm³/mol. The molecule has 3 rings (SSSR count). The van der Waals surface area contributed by atoms with Crippen molar-refractivity contribution >= 4 is 48.8 Å². The van der Waals surface area contributed by atoms with E-state index in [0.29, 0.717) is 12.8 Å². The molecular formula is C23H44FNO3S3Si. The van der Waals surface area contributed by atoms with Gasteiger partial charge in [0.1, 0.15) is 5.75 Å². The van der Waals surface area contributed by atoms with Gasteiger partial charge in [-0.1, -0.05) is 20.8 Å². The van der Waals surface area contributed by atoms with Crippen molar-refractivity contribution in [3.63, 3.8) is 0 Å². The number of rotatable bonds is 6. The van der Waals surface area contributed by atoms with Gasteiger partial charge >= 0.3 is 0 Å². The van der Waals surface area contributed by atoms with Crippen LogP contribution in [0.25, 0.3) is 0 Å². The maximum Gasteiger partial charge on any atom is 0.250 e. The van der Waals surface area contributed by atoms with Crippen molar-refractivity contribution in [1.82, 2.24) is 4.90 Å². The van der Waals surface area contributed by atoms with E-state index in [1.807, 2.05) is 0 Å². The SMILES string of the molecule is COc1cc2c(cc1O[Si](C)(C)C(C)(C)C)[C@@H]1C[C@H](O)[C@@H](CCC[19F])CN1CC2.S.S.S. The van der Waals surface area contributed by atoms with Crippen molar-refractivity contribution in [2.75, 3.05) is 26.9 Å². The number of hydrogen-bond acceptors (Lipinski definition) is 4. The van der Waals surface area contributed by atoms with E-state index in [4.69, 9.17) is 9.16 Å². The third-order valence-corrected chi connectivity index (χ3v) is 11.6. The van der Waals surface area contributed by atoms with Gasteiger partial charge in [-0.05, 0) is 73.0 Å². The molecule has 2 aliphatic heterocycles. The molecule has 0 unspecified atom stereocenters. The lowest BCUT2D eigenvalue weighted by atomic mass is 9.80. The van der Waals surface area contributed by atoms with E-state index >= 15 is 0 Å². The number of hydrogen-bond donors (Lipinski definition) is 1. The second-order valence-electron chi connectivity index (χ2n) is 10.2. The molecule has 0 bridgehead atoms. The van der Waals surface area contributed by atoms with Crippen molar-refractivity contribution in [1.29, 1.82) is 0 Å². The number of benzene rings is 1. The van der Waals surface area contributed by atoms with Crippen LogP contribution >= 0.6 is 40.5 Å². The smallest absolute Gasteiger partial charge is 0.250 e. The normalized spacial score (nSPS) is 22.9. The fraction of sp³-hybridized carbons (Fsp3) is 0.739. The molecule has 1 fully saturated rings. The van der Waals surface area contributed by atoms with Crippen LogP contribution in [-0.2, 0) is 6.42 Å². The third kappa shape index (κ3) is 6.75. The maximum atomic E-state index is 12.6. The van der Waals surface area contributed by atoms with E-state index in [-0.39, 0.29) is 70.3 Å². The Bertz CT molecular complexity index is 733. The number of aliphatic hydroxyl groups is 1. The molecule has 0 aromatic heterocycles. The third-order valence-electron chi connectivity index (χ3n) is 7.25. The van der Waals surface area contributed by atoms with Gasteiger partial charge in [-0.15, -0.1) is 0 Å². The van der Waals surface area contributed by atoms with Crippen LogP contribution in [0.3, 0.4) is 0 Å². The molecule has 2 aliphatic rings. The zero-order chi connectivity index (χ0) is 21.4. The Morgan fingerprint density at radius 2 is 1.81 bits per heavy atom. The quantitative estimate of drug-likeness (QED) is 0.502. The summed E-state index contributed by atoms with van der Waals surface area (Å²) in [7, 11) is -0.297. The van der Waals surface area contributed by atoms with Crippen molar-refractivity contribution < 1.29 is 18.7 Å². The lowest BCUT2D eigenvalue weighted by molar-refractivity contribution is -0.0160. The van der Waals surface area contributed by atoms with E-state index in [1.54, 1.807) is 7.11 Å². The Hall–Kier alpha value is -0.0631. The average molecular weight is 526 g/mol. The van der Waals surface area contributed by atoms with Gasteiger partial charge in [-0.2, -0.15) is 40.5 Å². The molecule has 0 saturated carbocycles. The minimum absolute atomic E-state index is 0. The minimum Gasteiger partial charge on any atom is -0.541 e. The summed E-state index contributed by atoms with van der Waals surface area (Å²) in [6.07, 6.45) is 2.60. The van der Waals surface area contributed by atoms with Gasteiger partial charge in [-0.25, -0.2) is 0 Å². The number of methoxy groups -OCH3 is 1. The minimum atomic E-state index is -2.00. The van der Waals surface area contributed by atoms with Crippen molar-refractivity contribution in [2.45, 2.75) is 76.7 Å². The van der Waals surface area contributed by atoms with Gasteiger partial charge in [0.25, 0.3) is 8.32 Å².